The van der Waals surface area contributed by atoms with Crippen LogP contribution in [0.5, 0.6) is 5.75 Å². The second kappa shape index (κ2) is 7.98. The van der Waals surface area contributed by atoms with Crippen molar-refractivity contribution in [1.82, 2.24) is 10.3 Å². The third kappa shape index (κ3) is 3.95. The van der Waals surface area contributed by atoms with Crippen molar-refractivity contribution >= 4 is 0 Å². The summed E-state index contributed by atoms with van der Waals surface area (Å²) in [7, 11) is 0. The molecule has 1 aliphatic heterocycles. The van der Waals surface area contributed by atoms with E-state index in [-0.39, 0.29) is 5.75 Å². The zero-order valence-electron chi connectivity index (χ0n) is 17.1. The number of hydrogen-bond donors (Lipinski definition) is 2. The lowest BCUT2D eigenvalue weighted by molar-refractivity contribution is -0.0498. The Morgan fingerprint density at radius 3 is 2.61 bits per heavy atom. The standard InChI is InChI=1S/C24H22F3N3O/c1-14-8-19(22(25)29-12-14)16-4-3-5-17(10-16)24(11-21(28)30-13-24)20-7-6-18(9-15(20)2)31-23(26)27/h3-12,23,30H,13,28H2,1-2H3. The molecular weight excluding hydrogens is 403 g/mol. The van der Waals surface area contributed by atoms with Crippen molar-refractivity contribution in [2.75, 3.05) is 6.54 Å². The second-order valence-corrected chi connectivity index (χ2v) is 7.71. The fourth-order valence-corrected chi connectivity index (χ4v) is 4.15. The van der Waals surface area contributed by atoms with Gasteiger partial charge in [-0.05, 0) is 72.0 Å². The Balaban J connectivity index is 1.84. The molecule has 0 radical (unpaired) electrons. The van der Waals surface area contributed by atoms with Crippen LogP contribution >= 0.6 is 0 Å². The van der Waals surface area contributed by atoms with Crippen LogP contribution in [0.4, 0.5) is 13.2 Å². The lowest BCUT2D eigenvalue weighted by Crippen LogP contribution is -2.32. The average molecular weight is 425 g/mol. The Kier molecular flexibility index (Phi) is 5.35. The van der Waals surface area contributed by atoms with E-state index in [9.17, 15) is 13.2 Å². The molecule has 3 aromatic rings. The normalized spacial score (nSPS) is 18.1. The Bertz CT molecular complexity index is 1160. The lowest BCUT2D eigenvalue weighted by atomic mass is 9.73. The molecule has 1 aliphatic rings. The number of aryl methyl sites for hydroxylation is 2. The smallest absolute Gasteiger partial charge is 0.387 e. The van der Waals surface area contributed by atoms with Crippen molar-refractivity contribution in [2.45, 2.75) is 25.9 Å². The average Bonchev–Trinajstić information content (AvgIpc) is 3.12. The van der Waals surface area contributed by atoms with Gasteiger partial charge in [0.2, 0.25) is 5.95 Å². The van der Waals surface area contributed by atoms with Crippen LogP contribution in [0, 0.1) is 19.8 Å². The van der Waals surface area contributed by atoms with Gasteiger partial charge in [0.15, 0.2) is 0 Å². The molecule has 160 valence electrons. The minimum absolute atomic E-state index is 0.0935. The minimum atomic E-state index is -2.89. The van der Waals surface area contributed by atoms with Gasteiger partial charge in [0, 0.05) is 18.3 Å². The first-order valence-corrected chi connectivity index (χ1v) is 9.80. The summed E-state index contributed by atoms with van der Waals surface area (Å²) in [4.78, 5) is 3.83. The van der Waals surface area contributed by atoms with Gasteiger partial charge < -0.3 is 15.8 Å². The van der Waals surface area contributed by atoms with Gasteiger partial charge in [-0.2, -0.15) is 13.2 Å². The fourth-order valence-electron chi connectivity index (χ4n) is 4.15. The van der Waals surface area contributed by atoms with E-state index in [0.29, 0.717) is 23.5 Å². The topological polar surface area (TPSA) is 60.2 Å². The summed E-state index contributed by atoms with van der Waals surface area (Å²) in [6.07, 6.45) is 3.40. The molecule has 4 rings (SSSR count). The van der Waals surface area contributed by atoms with Crippen molar-refractivity contribution in [3.63, 3.8) is 0 Å². The summed E-state index contributed by atoms with van der Waals surface area (Å²) >= 11 is 0. The first kappa shape index (κ1) is 20.8. The van der Waals surface area contributed by atoms with Crippen molar-refractivity contribution < 1.29 is 17.9 Å². The molecule has 0 amide bonds. The van der Waals surface area contributed by atoms with E-state index in [0.717, 1.165) is 22.3 Å². The highest BCUT2D eigenvalue weighted by Gasteiger charge is 2.38. The van der Waals surface area contributed by atoms with Gasteiger partial charge >= 0.3 is 6.61 Å². The van der Waals surface area contributed by atoms with Gasteiger partial charge in [-0.15, -0.1) is 0 Å². The molecule has 3 N–H and O–H groups in total. The molecule has 2 aromatic carbocycles. The van der Waals surface area contributed by atoms with Crippen LogP contribution in [0.2, 0.25) is 0 Å². The highest BCUT2D eigenvalue weighted by molar-refractivity contribution is 5.66. The molecule has 4 nitrogen and oxygen atoms in total. The van der Waals surface area contributed by atoms with Crippen LogP contribution in [0.15, 0.2) is 66.6 Å². The summed E-state index contributed by atoms with van der Waals surface area (Å²) in [5, 5.41) is 3.16. The van der Waals surface area contributed by atoms with E-state index in [1.54, 1.807) is 18.2 Å². The number of nitrogens with zero attached hydrogens (tertiary/aromatic N) is 1. The monoisotopic (exact) mass is 425 g/mol. The Labute approximate surface area is 178 Å². The SMILES string of the molecule is Cc1cnc(F)c(-c2cccc(C3(c4ccc(OC(F)F)cc4C)C=C(N)NC3)c2)c1. The molecule has 1 unspecified atom stereocenters. The van der Waals surface area contributed by atoms with Crippen molar-refractivity contribution in [2.24, 2.45) is 5.73 Å². The summed E-state index contributed by atoms with van der Waals surface area (Å²) in [5.41, 5.74) is 9.95. The molecule has 1 atom stereocenters. The zero-order valence-corrected chi connectivity index (χ0v) is 17.1. The highest BCUT2D eigenvalue weighted by Crippen LogP contribution is 2.41. The first-order chi connectivity index (χ1) is 14.8. The second-order valence-electron chi connectivity index (χ2n) is 7.71. The largest absolute Gasteiger partial charge is 0.435 e. The van der Waals surface area contributed by atoms with Crippen LogP contribution in [-0.2, 0) is 5.41 Å². The van der Waals surface area contributed by atoms with Crippen LogP contribution in [0.25, 0.3) is 11.1 Å². The van der Waals surface area contributed by atoms with Crippen LogP contribution in [0.1, 0.15) is 22.3 Å². The maximum absolute atomic E-state index is 14.4. The van der Waals surface area contributed by atoms with Crippen molar-refractivity contribution in [3.8, 4) is 16.9 Å². The maximum Gasteiger partial charge on any atom is 0.387 e. The number of benzene rings is 2. The summed E-state index contributed by atoms with van der Waals surface area (Å²) in [6, 6.07) is 14.2. The Hall–Kier alpha value is -3.48. The van der Waals surface area contributed by atoms with E-state index >= 15 is 0 Å². The lowest BCUT2D eigenvalue weighted by Gasteiger charge is -2.30. The van der Waals surface area contributed by atoms with E-state index < -0.39 is 18.0 Å². The zero-order chi connectivity index (χ0) is 22.2. The molecule has 0 bridgehead atoms. The summed E-state index contributed by atoms with van der Waals surface area (Å²) < 4.78 is 44.2. The number of pyridine rings is 1. The molecule has 0 aliphatic carbocycles. The van der Waals surface area contributed by atoms with E-state index in [1.807, 2.05) is 44.2 Å². The van der Waals surface area contributed by atoms with E-state index in [2.05, 4.69) is 15.0 Å². The van der Waals surface area contributed by atoms with Gasteiger partial charge in [0.05, 0.1) is 11.2 Å². The van der Waals surface area contributed by atoms with Crippen LogP contribution < -0.4 is 15.8 Å². The number of ether oxygens (including phenoxy) is 1. The number of nitrogens with one attached hydrogen (secondary N) is 1. The molecule has 0 saturated heterocycles. The number of hydrogen-bond acceptors (Lipinski definition) is 4. The van der Waals surface area contributed by atoms with Crippen LogP contribution in [-0.4, -0.2) is 18.1 Å². The van der Waals surface area contributed by atoms with Gasteiger partial charge in [0.1, 0.15) is 5.75 Å². The summed E-state index contributed by atoms with van der Waals surface area (Å²) in [6.45, 7) is 1.29. The van der Waals surface area contributed by atoms with Gasteiger partial charge in [-0.1, -0.05) is 24.3 Å². The Morgan fingerprint density at radius 2 is 1.94 bits per heavy atom. The number of nitrogens with two attached hydrogens (primary N) is 1. The third-order valence-electron chi connectivity index (χ3n) is 5.54. The van der Waals surface area contributed by atoms with Crippen molar-refractivity contribution in [3.05, 3.63) is 94.8 Å². The third-order valence-corrected chi connectivity index (χ3v) is 5.54. The predicted molar refractivity (Wildman–Crippen MR) is 113 cm³/mol. The first-order valence-electron chi connectivity index (χ1n) is 9.80. The number of aromatic nitrogens is 1. The van der Waals surface area contributed by atoms with Gasteiger partial charge in [-0.3, -0.25) is 0 Å². The van der Waals surface area contributed by atoms with Gasteiger partial charge in [0.25, 0.3) is 0 Å². The minimum Gasteiger partial charge on any atom is -0.435 e. The molecule has 0 fully saturated rings. The molecule has 7 heteroatoms. The van der Waals surface area contributed by atoms with Gasteiger partial charge in [-0.25, -0.2) is 4.98 Å². The molecule has 2 heterocycles. The summed E-state index contributed by atoms with van der Waals surface area (Å²) in [5.74, 6) is 0.0677. The number of halogens is 3. The molecule has 0 spiro atoms. The molecule has 1 aromatic heterocycles. The number of rotatable bonds is 5. The van der Waals surface area contributed by atoms with Crippen LogP contribution in [0.3, 0.4) is 0 Å². The van der Waals surface area contributed by atoms with E-state index in [1.165, 1.54) is 12.3 Å². The van der Waals surface area contributed by atoms with Crippen molar-refractivity contribution in [1.29, 1.82) is 0 Å². The quantitative estimate of drug-likeness (QED) is 0.577. The molecular formula is C24H22F3N3O. The Morgan fingerprint density at radius 1 is 1.13 bits per heavy atom. The molecule has 31 heavy (non-hydrogen) atoms. The highest BCUT2D eigenvalue weighted by atomic mass is 19.3. The number of alkyl halides is 2. The predicted octanol–water partition coefficient (Wildman–Crippen LogP) is 4.80. The maximum atomic E-state index is 14.4. The fraction of sp³-hybridized carbons (Fsp3) is 0.208. The van der Waals surface area contributed by atoms with E-state index in [4.69, 9.17) is 5.73 Å². The molecule has 0 saturated carbocycles.